The number of aryl methyl sites for hydroxylation is 1. The third-order valence-corrected chi connectivity index (χ3v) is 7.35. The van der Waals surface area contributed by atoms with Gasteiger partial charge >= 0.3 is 0 Å². The van der Waals surface area contributed by atoms with Crippen molar-refractivity contribution in [1.82, 2.24) is 4.98 Å². The van der Waals surface area contributed by atoms with Crippen LogP contribution in [-0.2, 0) is 6.42 Å². The number of rotatable bonds is 0. The van der Waals surface area contributed by atoms with E-state index < -0.39 is 0 Å². The first kappa shape index (κ1) is 13.2. The van der Waals surface area contributed by atoms with Crippen LogP contribution in [0.4, 0.5) is 0 Å². The number of hydrogen-bond donors (Lipinski definition) is 2. The minimum Gasteiger partial charge on any atom is -0.393 e. The maximum absolute atomic E-state index is 10.5. The molecule has 1 aromatic heterocycles. The van der Waals surface area contributed by atoms with E-state index in [1.165, 1.54) is 43.0 Å². The van der Waals surface area contributed by atoms with E-state index in [2.05, 4.69) is 36.3 Å². The predicted octanol–water partition coefficient (Wildman–Crippen LogP) is 4.38. The lowest BCUT2D eigenvalue weighted by Gasteiger charge is -2.50. The summed E-state index contributed by atoms with van der Waals surface area (Å²) in [7, 11) is 0. The Morgan fingerprint density at radius 1 is 1.18 bits per heavy atom. The van der Waals surface area contributed by atoms with Gasteiger partial charge in [-0.3, -0.25) is 0 Å². The zero-order chi connectivity index (χ0) is 14.9. The Morgan fingerprint density at radius 2 is 2.09 bits per heavy atom. The Bertz CT molecular complexity index is 732. The van der Waals surface area contributed by atoms with Crippen LogP contribution >= 0.6 is 0 Å². The number of nitrogens with one attached hydrogen (secondary N) is 1. The minimum absolute atomic E-state index is 0.0641. The molecule has 3 aliphatic rings. The summed E-state index contributed by atoms with van der Waals surface area (Å²) in [5, 5.41) is 11.8. The molecule has 22 heavy (non-hydrogen) atoms. The van der Waals surface area contributed by atoms with Gasteiger partial charge in [-0.25, -0.2) is 0 Å². The lowest BCUT2D eigenvalue weighted by molar-refractivity contribution is -0.0225. The maximum Gasteiger partial charge on any atom is 0.0596 e. The second-order valence-electron chi connectivity index (χ2n) is 8.17. The second kappa shape index (κ2) is 4.38. The second-order valence-corrected chi connectivity index (χ2v) is 8.17. The first-order valence-corrected chi connectivity index (χ1v) is 8.95. The van der Waals surface area contributed by atoms with Gasteiger partial charge in [-0.05, 0) is 96.4 Å². The molecule has 1 aromatic carbocycles. The molecule has 2 saturated carbocycles. The lowest BCUT2D eigenvalue weighted by atomic mass is 9.55. The fourth-order valence-corrected chi connectivity index (χ4v) is 6.10. The largest absolute Gasteiger partial charge is 0.393 e. The molecule has 0 amide bonds. The van der Waals surface area contributed by atoms with Gasteiger partial charge in [0.05, 0.1) is 6.10 Å². The van der Waals surface area contributed by atoms with Crippen molar-refractivity contribution in [3.8, 4) is 0 Å². The van der Waals surface area contributed by atoms with Crippen molar-refractivity contribution in [2.45, 2.75) is 57.5 Å². The Hall–Kier alpha value is -1.28. The molecule has 2 heteroatoms. The average molecular weight is 295 g/mol. The smallest absolute Gasteiger partial charge is 0.0596 e. The van der Waals surface area contributed by atoms with Crippen LogP contribution in [0.25, 0.3) is 10.9 Å². The molecule has 0 saturated heterocycles. The molecule has 0 bridgehead atoms. The van der Waals surface area contributed by atoms with Crippen LogP contribution in [-0.4, -0.2) is 16.2 Å². The number of aliphatic hydroxyl groups is 1. The summed E-state index contributed by atoms with van der Waals surface area (Å²) >= 11 is 0. The van der Waals surface area contributed by atoms with Gasteiger partial charge in [0.15, 0.2) is 0 Å². The van der Waals surface area contributed by atoms with Crippen LogP contribution in [0, 0.1) is 17.3 Å². The van der Waals surface area contributed by atoms with E-state index in [0.717, 1.165) is 24.2 Å². The van der Waals surface area contributed by atoms with Crippen LogP contribution in [0.5, 0.6) is 0 Å². The molecule has 0 aliphatic heterocycles. The molecule has 116 valence electrons. The van der Waals surface area contributed by atoms with Crippen molar-refractivity contribution in [2.24, 2.45) is 17.3 Å². The van der Waals surface area contributed by atoms with Gasteiger partial charge in [-0.1, -0.05) is 6.92 Å². The lowest BCUT2D eigenvalue weighted by Crippen LogP contribution is -2.43. The summed E-state index contributed by atoms with van der Waals surface area (Å²) in [6, 6.07) is 7.02. The Labute approximate surface area is 131 Å². The summed E-state index contributed by atoms with van der Waals surface area (Å²) in [4.78, 5) is 3.39. The normalized spacial score (nSPS) is 40.3. The van der Waals surface area contributed by atoms with Crippen LogP contribution < -0.4 is 0 Å². The van der Waals surface area contributed by atoms with Crippen molar-refractivity contribution < 1.29 is 5.11 Å². The quantitative estimate of drug-likeness (QED) is 0.743. The first-order valence-electron chi connectivity index (χ1n) is 8.95. The van der Waals surface area contributed by atoms with Crippen LogP contribution in [0.2, 0.25) is 0 Å². The Morgan fingerprint density at radius 3 is 3.00 bits per heavy atom. The van der Waals surface area contributed by atoms with Crippen molar-refractivity contribution in [3.63, 3.8) is 0 Å². The number of benzene rings is 1. The summed E-state index contributed by atoms with van der Waals surface area (Å²) < 4.78 is 0. The molecule has 1 heterocycles. The van der Waals surface area contributed by atoms with Crippen molar-refractivity contribution >= 4 is 10.9 Å². The average Bonchev–Trinajstić information content (AvgIpc) is 3.09. The van der Waals surface area contributed by atoms with E-state index in [9.17, 15) is 5.11 Å². The van der Waals surface area contributed by atoms with Crippen molar-refractivity contribution in [1.29, 1.82) is 0 Å². The highest BCUT2D eigenvalue weighted by atomic mass is 16.3. The predicted molar refractivity (Wildman–Crippen MR) is 88.9 cm³/mol. The summed E-state index contributed by atoms with van der Waals surface area (Å²) in [5.41, 5.74) is 4.67. The first-order chi connectivity index (χ1) is 10.7. The molecule has 0 radical (unpaired) electrons. The van der Waals surface area contributed by atoms with Gasteiger partial charge in [0.1, 0.15) is 0 Å². The van der Waals surface area contributed by atoms with E-state index in [1.807, 2.05) is 0 Å². The van der Waals surface area contributed by atoms with E-state index in [0.29, 0.717) is 0 Å². The fourth-order valence-electron chi connectivity index (χ4n) is 6.10. The van der Waals surface area contributed by atoms with E-state index in [1.54, 1.807) is 11.1 Å². The van der Waals surface area contributed by atoms with Crippen molar-refractivity contribution in [2.75, 3.05) is 0 Å². The van der Waals surface area contributed by atoms with Gasteiger partial charge in [-0.2, -0.15) is 0 Å². The zero-order valence-corrected chi connectivity index (χ0v) is 13.3. The Kier molecular flexibility index (Phi) is 2.63. The molecule has 2 aromatic rings. The summed E-state index contributed by atoms with van der Waals surface area (Å²) in [5.74, 6) is 2.24. The number of aromatic amines is 1. The molecule has 2 N–H and O–H groups in total. The minimum atomic E-state index is -0.0641. The van der Waals surface area contributed by atoms with Crippen LogP contribution in [0.1, 0.15) is 56.1 Å². The van der Waals surface area contributed by atoms with Crippen molar-refractivity contribution in [3.05, 3.63) is 35.5 Å². The molecule has 5 rings (SSSR count). The maximum atomic E-state index is 10.5. The molecular weight excluding hydrogens is 270 g/mol. The highest BCUT2D eigenvalue weighted by Gasteiger charge is 2.54. The van der Waals surface area contributed by atoms with Crippen LogP contribution in [0.3, 0.4) is 0 Å². The number of aliphatic hydroxyl groups excluding tert-OH is 1. The molecule has 2 fully saturated rings. The molecule has 5 atom stereocenters. The Balaban J connectivity index is 1.59. The van der Waals surface area contributed by atoms with E-state index in [-0.39, 0.29) is 11.5 Å². The van der Waals surface area contributed by atoms with Gasteiger partial charge in [0.2, 0.25) is 0 Å². The SMILES string of the molecule is C[C@]12CC[C@@H]3c4cc5[nH]ccc5cc4CC[C@H]3[C@@H]1CC[C@@H]2O. The number of fused-ring (bicyclic) bond motifs is 6. The molecule has 2 nitrogen and oxygen atoms in total. The number of H-pyrrole nitrogens is 1. The highest BCUT2D eigenvalue weighted by molar-refractivity contribution is 5.81. The third kappa shape index (κ3) is 1.59. The van der Waals surface area contributed by atoms with Gasteiger partial charge in [0.25, 0.3) is 0 Å². The number of hydrogen-bond acceptors (Lipinski definition) is 1. The number of aromatic nitrogens is 1. The van der Waals surface area contributed by atoms with Gasteiger partial charge < -0.3 is 10.1 Å². The topological polar surface area (TPSA) is 36.0 Å². The highest BCUT2D eigenvalue weighted by Crippen LogP contribution is 2.60. The van der Waals surface area contributed by atoms with Gasteiger partial charge in [0, 0.05) is 11.7 Å². The van der Waals surface area contributed by atoms with Gasteiger partial charge in [-0.15, -0.1) is 0 Å². The van der Waals surface area contributed by atoms with E-state index in [4.69, 9.17) is 0 Å². The fraction of sp³-hybridized carbons (Fsp3) is 0.600. The molecule has 3 aliphatic carbocycles. The third-order valence-electron chi connectivity index (χ3n) is 7.35. The molecule has 0 spiro atoms. The summed E-state index contributed by atoms with van der Waals surface area (Å²) in [6.45, 7) is 2.36. The van der Waals surface area contributed by atoms with E-state index >= 15 is 0 Å². The standard InChI is InChI=1S/C20H25NO/c1-20-8-6-14-15(17(20)4-5-19(20)22)3-2-12-10-13-7-9-21-18(13)11-16(12)14/h7,9-11,14-15,17,19,21-22H,2-6,8H2,1H3/t14-,15+,17-,19-,20-/m0/s1. The summed E-state index contributed by atoms with van der Waals surface area (Å²) in [6.07, 6.45) is 9.24. The molecular formula is C20H25NO. The monoisotopic (exact) mass is 295 g/mol. The molecule has 0 unspecified atom stereocenters. The van der Waals surface area contributed by atoms with Crippen LogP contribution in [0.15, 0.2) is 24.4 Å². The zero-order valence-electron chi connectivity index (χ0n) is 13.3.